The van der Waals surface area contributed by atoms with E-state index in [1.165, 1.54) is 0 Å². The lowest BCUT2D eigenvalue weighted by Crippen LogP contribution is -2.20. The Kier molecular flexibility index (Phi) is 2.95. The van der Waals surface area contributed by atoms with Gasteiger partial charge in [0.2, 0.25) is 0 Å². The van der Waals surface area contributed by atoms with Crippen LogP contribution in [-0.4, -0.2) is 17.7 Å². The fourth-order valence-electron chi connectivity index (χ4n) is 1.68. The summed E-state index contributed by atoms with van der Waals surface area (Å²) in [5, 5.41) is 8.91. The zero-order chi connectivity index (χ0) is 10.8. The largest absolute Gasteiger partial charge is 0.492 e. The minimum atomic E-state index is -0.776. The van der Waals surface area contributed by atoms with Gasteiger partial charge in [0.05, 0.1) is 5.92 Å². The minimum Gasteiger partial charge on any atom is -0.492 e. The quantitative estimate of drug-likeness (QED) is 0.853. The van der Waals surface area contributed by atoms with E-state index in [-0.39, 0.29) is 6.61 Å². The maximum Gasteiger partial charge on any atom is 0.309 e. The maximum absolute atomic E-state index is 10.8. The second-order valence-electron chi connectivity index (χ2n) is 3.64. The van der Waals surface area contributed by atoms with Crippen LogP contribution in [0.1, 0.15) is 12.0 Å². The number of carboxylic acids is 1. The van der Waals surface area contributed by atoms with Gasteiger partial charge in [-0.1, -0.05) is 15.9 Å². The highest BCUT2D eigenvalue weighted by Crippen LogP contribution is 2.28. The normalized spacial score (nSPS) is 19.9. The molecule has 0 aromatic heterocycles. The second kappa shape index (κ2) is 4.23. The van der Waals surface area contributed by atoms with Gasteiger partial charge >= 0.3 is 5.97 Å². The van der Waals surface area contributed by atoms with Crippen LogP contribution in [0.5, 0.6) is 5.75 Å². The molecule has 0 bridgehead atoms. The Morgan fingerprint density at radius 3 is 3.07 bits per heavy atom. The second-order valence-corrected chi connectivity index (χ2v) is 4.55. The number of fused-ring (bicyclic) bond motifs is 1. The smallest absolute Gasteiger partial charge is 0.309 e. The number of aliphatic carboxylic acids is 1. The molecule has 1 aliphatic heterocycles. The Morgan fingerprint density at radius 1 is 1.53 bits per heavy atom. The molecular weight excluding hydrogens is 260 g/mol. The van der Waals surface area contributed by atoms with Crippen molar-refractivity contribution in [2.45, 2.75) is 12.8 Å². The summed E-state index contributed by atoms with van der Waals surface area (Å²) in [5.74, 6) is -0.361. The number of benzene rings is 1. The van der Waals surface area contributed by atoms with E-state index in [0.29, 0.717) is 6.42 Å². The van der Waals surface area contributed by atoms with E-state index in [4.69, 9.17) is 9.84 Å². The van der Waals surface area contributed by atoms with Crippen molar-refractivity contribution in [3.63, 3.8) is 0 Å². The third-order valence-corrected chi connectivity index (χ3v) is 3.07. The molecule has 1 heterocycles. The third-order valence-electron chi connectivity index (χ3n) is 2.57. The molecule has 4 heteroatoms. The van der Waals surface area contributed by atoms with E-state index in [2.05, 4.69) is 15.9 Å². The summed E-state index contributed by atoms with van der Waals surface area (Å²) in [6.45, 7) is 0.268. The molecule has 1 aromatic rings. The van der Waals surface area contributed by atoms with Crippen LogP contribution >= 0.6 is 15.9 Å². The monoisotopic (exact) mass is 270 g/mol. The lowest BCUT2D eigenvalue weighted by Gasteiger charge is -2.08. The molecule has 0 saturated heterocycles. The molecule has 2 rings (SSSR count). The predicted octanol–water partition coefficient (Wildman–Crippen LogP) is 2.47. The van der Waals surface area contributed by atoms with Crippen LogP contribution in [0.3, 0.4) is 0 Å². The van der Waals surface area contributed by atoms with Gasteiger partial charge in [-0.15, -0.1) is 0 Å². The number of halogens is 1. The average Bonchev–Trinajstić information content (AvgIpc) is 2.39. The Balaban J connectivity index is 2.21. The number of carbonyl (C=O) groups is 1. The lowest BCUT2D eigenvalue weighted by atomic mass is 10.0. The molecule has 1 aromatic carbocycles. The summed E-state index contributed by atoms with van der Waals surface area (Å²) in [7, 11) is 0. The molecular formula is C11H11BrO3. The topological polar surface area (TPSA) is 46.5 Å². The van der Waals surface area contributed by atoms with E-state index >= 15 is 0 Å². The van der Waals surface area contributed by atoms with Crippen LogP contribution < -0.4 is 4.74 Å². The zero-order valence-corrected chi connectivity index (χ0v) is 9.66. The standard InChI is InChI=1S/C11H11BrO3/c12-9-3-4-10-7(5-9)1-2-8(6-15-10)11(13)14/h3-5,8H,1-2,6H2,(H,13,14). The van der Waals surface area contributed by atoms with E-state index in [1.807, 2.05) is 18.2 Å². The SMILES string of the molecule is O=C(O)C1CCc2cc(Br)ccc2OC1. The summed E-state index contributed by atoms with van der Waals surface area (Å²) < 4.78 is 6.47. The molecule has 0 aliphatic carbocycles. The van der Waals surface area contributed by atoms with Gasteiger partial charge in [0.1, 0.15) is 12.4 Å². The number of carboxylic acid groups (broad SMARTS) is 1. The van der Waals surface area contributed by atoms with Gasteiger partial charge in [0.25, 0.3) is 0 Å². The summed E-state index contributed by atoms with van der Waals surface area (Å²) >= 11 is 3.39. The Bertz CT molecular complexity index is 389. The summed E-state index contributed by atoms with van der Waals surface area (Å²) in [6.07, 6.45) is 1.39. The van der Waals surface area contributed by atoms with Gasteiger partial charge in [-0.05, 0) is 36.6 Å². The number of aryl methyl sites for hydroxylation is 1. The molecule has 0 spiro atoms. The van der Waals surface area contributed by atoms with Gasteiger partial charge in [-0.2, -0.15) is 0 Å². The number of hydrogen-bond donors (Lipinski definition) is 1. The molecule has 0 saturated carbocycles. The van der Waals surface area contributed by atoms with Crippen molar-refractivity contribution in [2.24, 2.45) is 5.92 Å². The molecule has 0 radical (unpaired) electrons. The van der Waals surface area contributed by atoms with Crippen LogP contribution in [0.2, 0.25) is 0 Å². The fraction of sp³-hybridized carbons (Fsp3) is 0.364. The van der Waals surface area contributed by atoms with E-state index < -0.39 is 11.9 Å². The summed E-state index contributed by atoms with van der Waals surface area (Å²) in [6, 6.07) is 5.77. The third kappa shape index (κ3) is 2.31. The van der Waals surface area contributed by atoms with Crippen LogP contribution in [0, 0.1) is 5.92 Å². The van der Waals surface area contributed by atoms with Gasteiger partial charge in [-0.25, -0.2) is 0 Å². The molecule has 1 aliphatic rings. The molecule has 0 amide bonds. The van der Waals surface area contributed by atoms with Crippen LogP contribution in [0.4, 0.5) is 0 Å². The van der Waals surface area contributed by atoms with Crippen LogP contribution in [0.15, 0.2) is 22.7 Å². The van der Waals surface area contributed by atoms with Crippen LogP contribution in [-0.2, 0) is 11.2 Å². The predicted molar refractivity (Wildman–Crippen MR) is 59.1 cm³/mol. The first-order valence-corrected chi connectivity index (χ1v) is 5.60. The Morgan fingerprint density at radius 2 is 2.33 bits per heavy atom. The maximum atomic E-state index is 10.8. The number of hydrogen-bond acceptors (Lipinski definition) is 2. The Labute approximate surface area is 96.2 Å². The van der Waals surface area contributed by atoms with E-state index in [0.717, 1.165) is 22.2 Å². The van der Waals surface area contributed by atoms with Gasteiger partial charge < -0.3 is 9.84 Å². The highest BCUT2D eigenvalue weighted by Gasteiger charge is 2.22. The van der Waals surface area contributed by atoms with Gasteiger partial charge in [0.15, 0.2) is 0 Å². The first-order chi connectivity index (χ1) is 7.16. The van der Waals surface area contributed by atoms with Crippen molar-refractivity contribution >= 4 is 21.9 Å². The van der Waals surface area contributed by atoms with Crippen molar-refractivity contribution < 1.29 is 14.6 Å². The highest BCUT2D eigenvalue weighted by atomic mass is 79.9. The first-order valence-electron chi connectivity index (χ1n) is 4.81. The van der Waals surface area contributed by atoms with Crippen molar-refractivity contribution in [3.8, 4) is 5.75 Å². The van der Waals surface area contributed by atoms with Crippen molar-refractivity contribution in [1.29, 1.82) is 0 Å². The molecule has 3 nitrogen and oxygen atoms in total. The summed E-state index contributed by atoms with van der Waals surface area (Å²) in [4.78, 5) is 10.8. The zero-order valence-electron chi connectivity index (χ0n) is 8.07. The first kappa shape index (κ1) is 10.5. The number of ether oxygens (including phenoxy) is 1. The molecule has 0 fully saturated rings. The van der Waals surface area contributed by atoms with Crippen molar-refractivity contribution in [3.05, 3.63) is 28.2 Å². The fourth-order valence-corrected chi connectivity index (χ4v) is 2.09. The molecule has 80 valence electrons. The molecule has 15 heavy (non-hydrogen) atoms. The van der Waals surface area contributed by atoms with Crippen molar-refractivity contribution in [1.82, 2.24) is 0 Å². The number of rotatable bonds is 1. The van der Waals surface area contributed by atoms with Crippen LogP contribution in [0.25, 0.3) is 0 Å². The lowest BCUT2D eigenvalue weighted by molar-refractivity contribution is -0.142. The van der Waals surface area contributed by atoms with E-state index in [9.17, 15) is 4.79 Å². The van der Waals surface area contributed by atoms with Crippen molar-refractivity contribution in [2.75, 3.05) is 6.61 Å². The molecule has 1 atom stereocenters. The molecule has 1 unspecified atom stereocenters. The highest BCUT2D eigenvalue weighted by molar-refractivity contribution is 9.10. The average molecular weight is 271 g/mol. The van der Waals surface area contributed by atoms with E-state index in [1.54, 1.807) is 0 Å². The minimum absolute atomic E-state index is 0.268. The Hall–Kier alpha value is -1.03. The summed E-state index contributed by atoms with van der Waals surface area (Å²) in [5.41, 5.74) is 1.08. The van der Waals surface area contributed by atoms with Gasteiger partial charge in [0, 0.05) is 4.47 Å². The molecule has 1 N–H and O–H groups in total. The van der Waals surface area contributed by atoms with Gasteiger partial charge in [-0.3, -0.25) is 4.79 Å².